The standard InChI is InChI=1S/C26H33N3O5/c1-4-6-15-28-23(30)21-16-19-20(13-10-14-22(19)33-3)29(21)24(31)26(27,5-2)25(32)34-17-18-11-8-7-9-12-18/h7-14,21H,4-6,15-17,27H2,1-3H3,(H,28,30)/t21-,26+/m1/s1. The van der Waals surface area contributed by atoms with Crippen molar-refractivity contribution in [2.75, 3.05) is 18.6 Å². The van der Waals surface area contributed by atoms with Gasteiger partial charge in [-0.25, -0.2) is 4.79 Å². The number of hydrogen-bond acceptors (Lipinski definition) is 6. The number of unbranched alkanes of at least 4 members (excludes halogenated alkanes) is 1. The fourth-order valence-corrected chi connectivity index (χ4v) is 4.05. The number of fused-ring (bicyclic) bond motifs is 1. The van der Waals surface area contributed by atoms with Gasteiger partial charge in [0, 0.05) is 18.5 Å². The number of methoxy groups -OCH3 is 1. The number of nitrogens with one attached hydrogen (secondary N) is 1. The van der Waals surface area contributed by atoms with Crippen LogP contribution in [0.4, 0.5) is 5.69 Å². The highest BCUT2D eigenvalue weighted by Gasteiger charge is 2.50. The third-order valence-corrected chi connectivity index (χ3v) is 6.16. The van der Waals surface area contributed by atoms with Gasteiger partial charge in [-0.3, -0.25) is 14.5 Å². The average molecular weight is 468 g/mol. The maximum absolute atomic E-state index is 13.8. The largest absolute Gasteiger partial charge is 0.496 e. The molecule has 0 aromatic heterocycles. The number of ether oxygens (including phenoxy) is 2. The highest BCUT2D eigenvalue weighted by molar-refractivity contribution is 6.17. The first-order chi connectivity index (χ1) is 16.4. The summed E-state index contributed by atoms with van der Waals surface area (Å²) in [6, 6.07) is 13.6. The molecule has 1 aliphatic heterocycles. The number of rotatable bonds is 10. The lowest BCUT2D eigenvalue weighted by Gasteiger charge is -2.33. The van der Waals surface area contributed by atoms with E-state index in [9.17, 15) is 14.4 Å². The Kier molecular flexibility index (Phi) is 8.28. The van der Waals surface area contributed by atoms with Gasteiger partial charge in [0.15, 0.2) is 5.54 Å². The Morgan fingerprint density at radius 1 is 1.12 bits per heavy atom. The van der Waals surface area contributed by atoms with Gasteiger partial charge < -0.3 is 20.5 Å². The summed E-state index contributed by atoms with van der Waals surface area (Å²) in [6.45, 7) is 4.18. The maximum Gasteiger partial charge on any atom is 0.336 e. The van der Waals surface area contributed by atoms with Crippen molar-refractivity contribution >= 4 is 23.5 Å². The number of nitrogens with zero attached hydrogens (tertiary/aromatic N) is 1. The number of benzene rings is 2. The molecule has 34 heavy (non-hydrogen) atoms. The van der Waals surface area contributed by atoms with Crippen LogP contribution in [-0.4, -0.2) is 43.0 Å². The first kappa shape index (κ1) is 25.2. The molecule has 1 aliphatic rings. The van der Waals surface area contributed by atoms with E-state index in [2.05, 4.69) is 5.32 Å². The predicted octanol–water partition coefficient (Wildman–Crippen LogP) is 2.72. The van der Waals surface area contributed by atoms with Crippen LogP contribution in [0.1, 0.15) is 44.2 Å². The van der Waals surface area contributed by atoms with Crippen LogP contribution < -0.4 is 20.7 Å². The predicted molar refractivity (Wildman–Crippen MR) is 129 cm³/mol. The molecule has 8 nitrogen and oxygen atoms in total. The lowest BCUT2D eigenvalue weighted by molar-refractivity contribution is -0.155. The Hall–Kier alpha value is -3.39. The van der Waals surface area contributed by atoms with Crippen LogP contribution in [0.25, 0.3) is 0 Å². The van der Waals surface area contributed by atoms with E-state index in [1.165, 1.54) is 12.0 Å². The Balaban J connectivity index is 1.90. The van der Waals surface area contributed by atoms with Gasteiger partial charge in [-0.1, -0.05) is 56.7 Å². The fourth-order valence-electron chi connectivity index (χ4n) is 4.05. The van der Waals surface area contributed by atoms with Crippen molar-refractivity contribution in [1.29, 1.82) is 0 Å². The van der Waals surface area contributed by atoms with E-state index < -0.39 is 23.5 Å². The van der Waals surface area contributed by atoms with Gasteiger partial charge in [0.25, 0.3) is 5.91 Å². The topological polar surface area (TPSA) is 111 Å². The van der Waals surface area contributed by atoms with Crippen LogP contribution in [0.3, 0.4) is 0 Å². The third kappa shape index (κ3) is 5.07. The number of anilines is 1. The molecule has 3 N–H and O–H groups in total. The van der Waals surface area contributed by atoms with Gasteiger partial charge >= 0.3 is 5.97 Å². The van der Waals surface area contributed by atoms with Crippen molar-refractivity contribution < 1.29 is 23.9 Å². The molecular weight excluding hydrogens is 434 g/mol. The van der Waals surface area contributed by atoms with E-state index >= 15 is 0 Å². The van der Waals surface area contributed by atoms with Crippen molar-refractivity contribution in [2.24, 2.45) is 5.73 Å². The molecule has 2 atom stereocenters. The Morgan fingerprint density at radius 3 is 2.50 bits per heavy atom. The summed E-state index contributed by atoms with van der Waals surface area (Å²) in [5.74, 6) is -1.22. The maximum atomic E-state index is 13.8. The number of hydrogen-bond donors (Lipinski definition) is 2. The number of esters is 1. The summed E-state index contributed by atoms with van der Waals surface area (Å²) in [5, 5.41) is 2.90. The SMILES string of the molecule is CCCCNC(=O)[C@H]1Cc2c(OC)cccc2N1C(=O)[C@@](N)(CC)C(=O)OCc1ccccc1. The van der Waals surface area contributed by atoms with E-state index in [-0.39, 0.29) is 25.4 Å². The van der Waals surface area contributed by atoms with Crippen LogP contribution in [0.15, 0.2) is 48.5 Å². The zero-order valence-electron chi connectivity index (χ0n) is 20.0. The highest BCUT2D eigenvalue weighted by Crippen LogP contribution is 2.39. The molecular formula is C26H33N3O5. The monoisotopic (exact) mass is 467 g/mol. The second kappa shape index (κ2) is 11.2. The molecule has 0 fully saturated rings. The summed E-state index contributed by atoms with van der Waals surface area (Å²) >= 11 is 0. The van der Waals surface area contributed by atoms with Crippen molar-refractivity contribution in [3.8, 4) is 5.75 Å². The molecule has 2 aromatic carbocycles. The van der Waals surface area contributed by atoms with Crippen LogP contribution in [0.5, 0.6) is 5.75 Å². The summed E-state index contributed by atoms with van der Waals surface area (Å²) in [4.78, 5) is 41.3. The van der Waals surface area contributed by atoms with Gasteiger partial charge in [-0.2, -0.15) is 0 Å². The minimum absolute atomic E-state index is 0.00273. The van der Waals surface area contributed by atoms with Gasteiger partial charge in [0.2, 0.25) is 5.91 Å². The minimum atomic E-state index is -1.94. The number of carbonyl (C=O) groups excluding carboxylic acids is 3. The molecule has 0 radical (unpaired) electrons. The first-order valence-electron chi connectivity index (χ1n) is 11.6. The average Bonchev–Trinajstić information content (AvgIpc) is 3.26. The Morgan fingerprint density at radius 2 is 1.85 bits per heavy atom. The number of nitrogens with two attached hydrogens (primary N) is 1. The van der Waals surface area contributed by atoms with Gasteiger partial charge in [0.05, 0.1) is 12.8 Å². The first-order valence-corrected chi connectivity index (χ1v) is 11.6. The van der Waals surface area contributed by atoms with Crippen LogP contribution >= 0.6 is 0 Å². The quantitative estimate of drug-likeness (QED) is 0.316. The molecule has 182 valence electrons. The Bertz CT molecular complexity index is 1030. The normalized spacial score (nSPS) is 16.4. The van der Waals surface area contributed by atoms with E-state index in [1.54, 1.807) is 25.1 Å². The van der Waals surface area contributed by atoms with Crippen LogP contribution in [0.2, 0.25) is 0 Å². The minimum Gasteiger partial charge on any atom is -0.496 e. The van der Waals surface area contributed by atoms with Crippen LogP contribution in [-0.2, 0) is 32.1 Å². The number of amides is 2. The van der Waals surface area contributed by atoms with E-state index in [1.807, 2.05) is 37.3 Å². The summed E-state index contributed by atoms with van der Waals surface area (Å²) in [6.07, 6.45) is 2.03. The summed E-state index contributed by atoms with van der Waals surface area (Å²) in [5.41, 5.74) is 6.49. The van der Waals surface area contributed by atoms with E-state index in [0.717, 1.165) is 24.0 Å². The lowest BCUT2D eigenvalue weighted by atomic mass is 9.94. The lowest BCUT2D eigenvalue weighted by Crippen LogP contribution is -2.63. The summed E-state index contributed by atoms with van der Waals surface area (Å²) < 4.78 is 10.9. The second-order valence-electron chi connectivity index (χ2n) is 8.38. The van der Waals surface area contributed by atoms with Crippen molar-refractivity contribution in [3.63, 3.8) is 0 Å². The molecule has 1 heterocycles. The summed E-state index contributed by atoms with van der Waals surface area (Å²) in [7, 11) is 1.54. The molecule has 2 amide bonds. The van der Waals surface area contributed by atoms with Crippen molar-refractivity contribution in [1.82, 2.24) is 5.32 Å². The Labute approximate surface area is 200 Å². The van der Waals surface area contributed by atoms with Gasteiger partial charge in [-0.05, 0) is 30.5 Å². The van der Waals surface area contributed by atoms with E-state index in [0.29, 0.717) is 18.0 Å². The molecule has 0 bridgehead atoms. The van der Waals surface area contributed by atoms with Gasteiger partial charge in [-0.15, -0.1) is 0 Å². The molecule has 0 saturated heterocycles. The molecule has 0 spiro atoms. The third-order valence-electron chi connectivity index (χ3n) is 6.16. The van der Waals surface area contributed by atoms with Crippen molar-refractivity contribution in [2.45, 2.75) is 57.7 Å². The molecule has 0 aliphatic carbocycles. The number of carbonyl (C=O) groups is 3. The fraction of sp³-hybridized carbons (Fsp3) is 0.423. The molecule has 0 saturated carbocycles. The van der Waals surface area contributed by atoms with Crippen molar-refractivity contribution in [3.05, 3.63) is 59.7 Å². The molecule has 8 heteroatoms. The second-order valence-corrected chi connectivity index (χ2v) is 8.38. The highest BCUT2D eigenvalue weighted by atomic mass is 16.5. The molecule has 2 aromatic rings. The van der Waals surface area contributed by atoms with Crippen LogP contribution in [0, 0.1) is 0 Å². The zero-order valence-corrected chi connectivity index (χ0v) is 20.0. The van der Waals surface area contributed by atoms with E-state index in [4.69, 9.17) is 15.2 Å². The molecule has 0 unspecified atom stereocenters. The van der Waals surface area contributed by atoms with Gasteiger partial charge in [0.1, 0.15) is 18.4 Å². The smallest absolute Gasteiger partial charge is 0.336 e. The molecule has 3 rings (SSSR count). The zero-order chi connectivity index (χ0) is 24.7.